The van der Waals surface area contributed by atoms with Crippen molar-refractivity contribution < 1.29 is 8.42 Å². The van der Waals surface area contributed by atoms with Crippen LogP contribution in [0.3, 0.4) is 0 Å². The molecule has 1 N–H and O–H groups in total. The molecular formula is C11H22N2O2S2. The number of nitrogens with zero attached hydrogens (tertiary/aromatic N) is 1. The molecule has 17 heavy (non-hydrogen) atoms. The Hall–Kier alpha value is -0.230. The first-order chi connectivity index (χ1) is 7.76. The van der Waals surface area contributed by atoms with Gasteiger partial charge < -0.3 is 5.32 Å². The lowest BCUT2D eigenvalue weighted by molar-refractivity contribution is 0.528. The maximum Gasteiger partial charge on any atom is 0.157 e. The molecule has 0 aromatic heterocycles. The number of rotatable bonds is 5. The van der Waals surface area contributed by atoms with E-state index in [-0.39, 0.29) is 11.8 Å². The summed E-state index contributed by atoms with van der Waals surface area (Å²) < 4.78 is 22.3. The number of amidine groups is 1. The molecule has 0 saturated heterocycles. The monoisotopic (exact) mass is 278 g/mol. The molecule has 0 bridgehead atoms. The molecule has 100 valence electrons. The highest BCUT2D eigenvalue weighted by Gasteiger charge is 2.21. The highest BCUT2D eigenvalue weighted by molar-refractivity contribution is 8.14. The Balaban J connectivity index is 2.42. The predicted molar refractivity (Wildman–Crippen MR) is 75.4 cm³/mol. The number of sulfone groups is 1. The average molecular weight is 278 g/mol. The maximum absolute atomic E-state index is 11.1. The molecule has 0 aromatic rings. The van der Waals surface area contributed by atoms with E-state index < -0.39 is 9.84 Å². The lowest BCUT2D eigenvalue weighted by atomic mass is 10.1. The molecule has 2 atom stereocenters. The van der Waals surface area contributed by atoms with Crippen molar-refractivity contribution >= 4 is 26.8 Å². The third-order valence-electron chi connectivity index (χ3n) is 2.38. The first-order valence-corrected chi connectivity index (χ1v) is 8.95. The largest absolute Gasteiger partial charge is 0.361 e. The Morgan fingerprint density at radius 1 is 1.47 bits per heavy atom. The second-order valence-electron chi connectivity index (χ2n) is 5.17. The number of hydrogen-bond donors (Lipinski definition) is 1. The van der Waals surface area contributed by atoms with Crippen LogP contribution in [0.25, 0.3) is 0 Å². The fraction of sp³-hybridized carbons (Fsp3) is 0.909. The van der Waals surface area contributed by atoms with E-state index in [4.69, 9.17) is 0 Å². The summed E-state index contributed by atoms with van der Waals surface area (Å²) in [6.45, 7) is 6.26. The zero-order chi connectivity index (χ0) is 13.1. The van der Waals surface area contributed by atoms with Gasteiger partial charge in [0.25, 0.3) is 0 Å². The van der Waals surface area contributed by atoms with Gasteiger partial charge in [0.1, 0.15) is 9.84 Å². The Kier molecular flexibility index (Phi) is 5.31. The van der Waals surface area contributed by atoms with Crippen molar-refractivity contribution in [3.8, 4) is 0 Å². The quantitative estimate of drug-likeness (QED) is 0.828. The van der Waals surface area contributed by atoms with Gasteiger partial charge >= 0.3 is 0 Å². The second-order valence-corrected chi connectivity index (χ2v) is 8.36. The molecule has 0 fully saturated rings. The summed E-state index contributed by atoms with van der Waals surface area (Å²) in [7, 11) is -2.92. The Labute approximate surface area is 109 Å². The summed E-state index contributed by atoms with van der Waals surface area (Å²) in [4.78, 5) is 4.57. The van der Waals surface area contributed by atoms with E-state index in [1.807, 2.05) is 6.92 Å². The first-order valence-electron chi connectivity index (χ1n) is 5.91. The summed E-state index contributed by atoms with van der Waals surface area (Å²) in [5.74, 6) is 1.81. The SMILES string of the molecule is CC(C)CC1CSC(NC(C)CS(C)(=O)=O)=N1. The highest BCUT2D eigenvalue weighted by atomic mass is 32.2. The molecule has 0 aliphatic carbocycles. The van der Waals surface area contributed by atoms with Crippen LogP contribution in [0.5, 0.6) is 0 Å². The zero-order valence-corrected chi connectivity index (χ0v) is 12.6. The predicted octanol–water partition coefficient (Wildman–Crippen LogP) is 1.53. The van der Waals surface area contributed by atoms with E-state index in [2.05, 4.69) is 24.2 Å². The lowest BCUT2D eigenvalue weighted by Crippen LogP contribution is -2.35. The standard InChI is InChI=1S/C11H22N2O2S2/c1-8(2)5-10-6-16-11(13-10)12-9(3)7-17(4,14)15/h8-10H,5-7H2,1-4H3,(H,12,13). The molecule has 2 unspecified atom stereocenters. The molecular weight excluding hydrogens is 256 g/mol. The topological polar surface area (TPSA) is 58.5 Å². The van der Waals surface area contributed by atoms with Crippen molar-refractivity contribution in [2.75, 3.05) is 17.8 Å². The third kappa shape index (κ3) is 6.31. The van der Waals surface area contributed by atoms with Gasteiger partial charge in [0.15, 0.2) is 5.17 Å². The number of thioether (sulfide) groups is 1. The number of nitrogens with one attached hydrogen (secondary N) is 1. The van der Waals surface area contributed by atoms with Gasteiger partial charge in [0.05, 0.1) is 11.8 Å². The van der Waals surface area contributed by atoms with Gasteiger partial charge in [-0.3, -0.25) is 4.99 Å². The van der Waals surface area contributed by atoms with Gasteiger partial charge in [0, 0.05) is 18.1 Å². The van der Waals surface area contributed by atoms with Crippen molar-refractivity contribution in [3.63, 3.8) is 0 Å². The van der Waals surface area contributed by atoms with Gasteiger partial charge in [-0.2, -0.15) is 0 Å². The summed E-state index contributed by atoms with van der Waals surface area (Å²) in [5, 5.41) is 4.07. The minimum absolute atomic E-state index is 0.0750. The summed E-state index contributed by atoms with van der Waals surface area (Å²) in [5.41, 5.74) is 0. The Bertz CT molecular complexity index is 377. The van der Waals surface area contributed by atoms with Crippen LogP contribution in [0.2, 0.25) is 0 Å². The van der Waals surface area contributed by atoms with Gasteiger partial charge in [-0.05, 0) is 19.3 Å². The smallest absolute Gasteiger partial charge is 0.157 e. The van der Waals surface area contributed by atoms with Crippen molar-refractivity contribution in [2.45, 2.75) is 39.3 Å². The minimum Gasteiger partial charge on any atom is -0.361 e. The number of hydrogen-bond acceptors (Lipinski definition) is 5. The van der Waals surface area contributed by atoms with E-state index >= 15 is 0 Å². The molecule has 1 rings (SSSR count). The highest BCUT2D eigenvalue weighted by Crippen LogP contribution is 2.22. The van der Waals surface area contributed by atoms with E-state index in [0.717, 1.165) is 17.3 Å². The van der Waals surface area contributed by atoms with Gasteiger partial charge in [-0.25, -0.2) is 8.42 Å². The Morgan fingerprint density at radius 2 is 2.12 bits per heavy atom. The van der Waals surface area contributed by atoms with Crippen molar-refractivity contribution in [2.24, 2.45) is 10.9 Å². The van der Waals surface area contributed by atoms with Crippen molar-refractivity contribution in [3.05, 3.63) is 0 Å². The van der Waals surface area contributed by atoms with E-state index in [9.17, 15) is 8.42 Å². The molecule has 1 heterocycles. The van der Waals surface area contributed by atoms with Crippen LogP contribution in [0.4, 0.5) is 0 Å². The zero-order valence-electron chi connectivity index (χ0n) is 10.9. The molecule has 0 radical (unpaired) electrons. The van der Waals surface area contributed by atoms with Gasteiger partial charge in [0.2, 0.25) is 0 Å². The molecule has 1 aliphatic rings. The Morgan fingerprint density at radius 3 is 2.65 bits per heavy atom. The number of aliphatic imine (C=N–C) groups is 1. The molecule has 0 spiro atoms. The van der Waals surface area contributed by atoms with Crippen molar-refractivity contribution in [1.82, 2.24) is 5.32 Å². The first kappa shape index (κ1) is 14.8. The summed E-state index contributed by atoms with van der Waals surface area (Å²) in [6.07, 6.45) is 2.36. The average Bonchev–Trinajstić information content (AvgIpc) is 2.46. The van der Waals surface area contributed by atoms with Crippen LogP contribution in [0, 0.1) is 5.92 Å². The van der Waals surface area contributed by atoms with Crippen molar-refractivity contribution in [1.29, 1.82) is 0 Å². The molecule has 4 nitrogen and oxygen atoms in total. The van der Waals surface area contributed by atoms with E-state index in [1.54, 1.807) is 11.8 Å². The van der Waals surface area contributed by atoms with Crippen LogP contribution in [0.1, 0.15) is 27.2 Å². The van der Waals surface area contributed by atoms with Crippen LogP contribution in [0.15, 0.2) is 4.99 Å². The van der Waals surface area contributed by atoms with Gasteiger partial charge in [-0.15, -0.1) is 0 Å². The van der Waals surface area contributed by atoms with Crippen LogP contribution in [-0.4, -0.2) is 43.4 Å². The second kappa shape index (κ2) is 6.09. The summed E-state index contributed by atoms with van der Waals surface area (Å²) >= 11 is 1.69. The van der Waals surface area contributed by atoms with Crippen LogP contribution >= 0.6 is 11.8 Å². The van der Waals surface area contributed by atoms with Crippen LogP contribution in [-0.2, 0) is 9.84 Å². The fourth-order valence-electron chi connectivity index (χ4n) is 1.87. The molecule has 0 aromatic carbocycles. The van der Waals surface area contributed by atoms with E-state index in [0.29, 0.717) is 12.0 Å². The van der Waals surface area contributed by atoms with Gasteiger partial charge in [-0.1, -0.05) is 25.6 Å². The van der Waals surface area contributed by atoms with Crippen LogP contribution < -0.4 is 5.32 Å². The fourth-order valence-corrected chi connectivity index (χ4v) is 3.93. The normalized spacial score (nSPS) is 22.6. The van der Waals surface area contributed by atoms with E-state index in [1.165, 1.54) is 6.26 Å². The molecule has 1 aliphatic heterocycles. The summed E-state index contributed by atoms with van der Waals surface area (Å²) in [6, 6.07) is 0.307. The molecule has 6 heteroatoms. The maximum atomic E-state index is 11.1. The molecule has 0 saturated carbocycles. The molecule has 0 amide bonds. The lowest BCUT2D eigenvalue weighted by Gasteiger charge is -2.12. The minimum atomic E-state index is -2.92. The third-order valence-corrected chi connectivity index (χ3v) is 4.53.